The fourth-order valence-corrected chi connectivity index (χ4v) is 0.788. The van der Waals surface area contributed by atoms with Crippen LogP contribution in [0.4, 0.5) is 4.79 Å². The van der Waals surface area contributed by atoms with Gasteiger partial charge in [-0.25, -0.2) is 0 Å². The van der Waals surface area contributed by atoms with Crippen LogP contribution in [0.2, 0.25) is 0 Å². The highest BCUT2D eigenvalue weighted by Crippen LogP contribution is 1.99. The van der Waals surface area contributed by atoms with Crippen LogP contribution in [0.5, 0.6) is 0 Å². The second-order valence-electron chi connectivity index (χ2n) is 2.30. The number of quaternary nitrogens is 1. The molecule has 0 radical (unpaired) electrons. The minimum atomic E-state index is -0.390. The Labute approximate surface area is 71.4 Å². The number of hydrogen-bond acceptors (Lipinski definition) is 2. The number of nitrogens with two attached hydrogens (primary N) is 1. The van der Waals surface area contributed by atoms with Gasteiger partial charge in [0.05, 0.1) is 0 Å². The molecule has 1 aromatic rings. The third kappa shape index (κ3) is 2.72. The van der Waals surface area contributed by atoms with E-state index in [4.69, 9.17) is 4.74 Å². The van der Waals surface area contributed by atoms with Crippen molar-refractivity contribution in [3.8, 4) is 0 Å². The van der Waals surface area contributed by atoms with Crippen LogP contribution < -0.4 is 5.32 Å². The summed E-state index contributed by atoms with van der Waals surface area (Å²) in [5, 5.41) is 1.16. The molecule has 0 bridgehead atoms. The smallest absolute Gasteiger partial charge is 0.417 e. The quantitative estimate of drug-likeness (QED) is 0.655. The van der Waals surface area contributed by atoms with Gasteiger partial charge in [-0.2, -0.15) is 4.79 Å². The van der Waals surface area contributed by atoms with E-state index in [1.807, 2.05) is 30.3 Å². The van der Waals surface area contributed by atoms with Gasteiger partial charge in [0.1, 0.15) is 6.61 Å². The summed E-state index contributed by atoms with van der Waals surface area (Å²) in [6.45, 7) is 0.311. The molecule has 0 atom stereocenters. The maximum absolute atomic E-state index is 10.6. The van der Waals surface area contributed by atoms with Gasteiger partial charge in [0.25, 0.3) is 0 Å². The largest absolute Gasteiger partial charge is 0.486 e. The first-order valence-corrected chi connectivity index (χ1v) is 3.66. The monoisotopic (exact) mass is 165 g/mol. The number of carbonyl (C=O) groups excluding carboxylic acids is 1. The lowest BCUT2D eigenvalue weighted by molar-refractivity contribution is -0.507. The number of rotatable bonds is 2. The van der Waals surface area contributed by atoms with Crippen molar-refractivity contribution in [3.63, 3.8) is 0 Å². The van der Waals surface area contributed by atoms with Gasteiger partial charge in [-0.3, -0.25) is 0 Å². The maximum atomic E-state index is 10.6. The number of benzene rings is 1. The summed E-state index contributed by atoms with van der Waals surface area (Å²) >= 11 is 0. The zero-order valence-corrected chi connectivity index (χ0v) is 6.69. The lowest BCUT2D eigenvalue weighted by Gasteiger charge is -2.01. The molecule has 12 heavy (non-hydrogen) atoms. The third-order valence-electron chi connectivity index (χ3n) is 1.39. The molecule has 0 aliphatic heterocycles. The lowest BCUT2D eigenvalue weighted by atomic mass is 10.2. The van der Waals surface area contributed by atoms with Crippen molar-refractivity contribution in [2.24, 2.45) is 0 Å². The van der Waals surface area contributed by atoms with Gasteiger partial charge in [0, 0.05) is 0 Å². The molecule has 3 nitrogen and oxygen atoms in total. The van der Waals surface area contributed by atoms with E-state index >= 15 is 0 Å². The van der Waals surface area contributed by atoms with Crippen molar-refractivity contribution in [3.05, 3.63) is 42.9 Å². The molecule has 0 saturated carbocycles. The van der Waals surface area contributed by atoms with Crippen molar-refractivity contribution in [2.45, 2.75) is 6.61 Å². The van der Waals surface area contributed by atoms with E-state index in [9.17, 15) is 4.79 Å². The van der Waals surface area contributed by atoms with Crippen molar-refractivity contribution in [1.29, 1.82) is 0 Å². The summed E-state index contributed by atoms with van der Waals surface area (Å²) < 4.78 is 4.82. The van der Waals surface area contributed by atoms with E-state index in [1.165, 1.54) is 0 Å². The fraction of sp³-hybridized carbons (Fsp3) is 0.111. The molecule has 3 heteroatoms. The summed E-state index contributed by atoms with van der Waals surface area (Å²) in [6, 6.07) is 9.51. The van der Waals surface area contributed by atoms with Crippen LogP contribution >= 0.6 is 0 Å². The molecule has 0 heterocycles. The molecule has 2 N–H and O–H groups in total. The molecule has 1 aromatic carbocycles. The van der Waals surface area contributed by atoms with E-state index in [1.54, 1.807) is 0 Å². The second kappa shape index (κ2) is 4.51. The third-order valence-corrected chi connectivity index (χ3v) is 1.39. The Bertz CT molecular complexity index is 246. The van der Waals surface area contributed by atoms with Gasteiger partial charge < -0.3 is 10.1 Å². The molecule has 0 aromatic heterocycles. The van der Waals surface area contributed by atoms with E-state index in [0.29, 0.717) is 6.61 Å². The zero-order chi connectivity index (χ0) is 8.81. The van der Waals surface area contributed by atoms with Gasteiger partial charge in [0.2, 0.25) is 0 Å². The highest BCUT2D eigenvalue weighted by Gasteiger charge is 1.98. The Hall–Kier alpha value is -1.35. The second-order valence-corrected chi connectivity index (χ2v) is 2.30. The molecule has 1 amide bonds. The SMILES string of the molecule is [CH2-][NH2+]C(=O)OCc1ccccc1. The number of ether oxygens (including phenoxy) is 1. The summed E-state index contributed by atoms with van der Waals surface area (Å²) in [5.74, 6) is 0. The first-order chi connectivity index (χ1) is 5.83. The van der Waals surface area contributed by atoms with Crippen molar-refractivity contribution >= 4 is 6.09 Å². The first-order valence-electron chi connectivity index (χ1n) is 3.66. The highest BCUT2D eigenvalue weighted by atomic mass is 16.5. The van der Waals surface area contributed by atoms with E-state index in [0.717, 1.165) is 10.9 Å². The zero-order valence-electron chi connectivity index (χ0n) is 6.69. The highest BCUT2D eigenvalue weighted by molar-refractivity contribution is 5.55. The minimum Gasteiger partial charge on any atom is -0.417 e. The number of primary amides is 1. The number of hydrogen-bond donors (Lipinski definition) is 1. The van der Waals surface area contributed by atoms with Crippen molar-refractivity contribution < 1.29 is 14.8 Å². The topological polar surface area (TPSA) is 42.9 Å². The molecule has 0 fully saturated rings. The molecular weight excluding hydrogens is 154 g/mol. The van der Waals surface area contributed by atoms with Crippen LogP contribution in [0.25, 0.3) is 0 Å². The maximum Gasteiger partial charge on any atom is 0.486 e. The Morgan fingerprint density at radius 3 is 2.67 bits per heavy atom. The Balaban J connectivity index is 2.38. The lowest BCUT2D eigenvalue weighted by Crippen LogP contribution is -2.81. The Morgan fingerprint density at radius 2 is 2.08 bits per heavy atom. The fourth-order valence-electron chi connectivity index (χ4n) is 0.788. The van der Waals surface area contributed by atoms with Crippen LogP contribution in [-0.2, 0) is 11.3 Å². The predicted octanol–water partition coefficient (Wildman–Crippen LogP) is 0.678. The normalized spacial score (nSPS) is 9.42. The molecule has 0 spiro atoms. The van der Waals surface area contributed by atoms with Crippen LogP contribution in [0.1, 0.15) is 5.56 Å². The van der Waals surface area contributed by atoms with Crippen molar-refractivity contribution in [1.82, 2.24) is 0 Å². The Morgan fingerprint density at radius 1 is 1.42 bits per heavy atom. The number of carbonyl (C=O) groups is 1. The predicted molar refractivity (Wildman–Crippen MR) is 43.9 cm³/mol. The average molecular weight is 165 g/mol. The summed E-state index contributed by atoms with van der Waals surface area (Å²) in [7, 11) is 3.30. The number of amides is 1. The summed E-state index contributed by atoms with van der Waals surface area (Å²) in [4.78, 5) is 10.6. The van der Waals surface area contributed by atoms with Gasteiger partial charge >= 0.3 is 6.09 Å². The molecule has 0 saturated heterocycles. The van der Waals surface area contributed by atoms with Crippen LogP contribution in [-0.4, -0.2) is 6.09 Å². The summed E-state index contributed by atoms with van der Waals surface area (Å²) in [6.07, 6.45) is -0.390. The van der Waals surface area contributed by atoms with Crippen LogP contribution in [0, 0.1) is 7.05 Å². The van der Waals surface area contributed by atoms with Crippen LogP contribution in [0.15, 0.2) is 30.3 Å². The van der Waals surface area contributed by atoms with Gasteiger partial charge in [-0.05, 0) is 5.56 Å². The van der Waals surface area contributed by atoms with E-state index < -0.39 is 0 Å². The molecule has 0 aliphatic carbocycles. The Kier molecular flexibility index (Phi) is 3.29. The minimum absolute atomic E-state index is 0.311. The average Bonchev–Trinajstić information content (AvgIpc) is 2.16. The molecular formula is C9H11NO2. The molecule has 0 aliphatic rings. The van der Waals surface area contributed by atoms with E-state index in [2.05, 4.69) is 7.05 Å². The van der Waals surface area contributed by atoms with Crippen LogP contribution in [0.3, 0.4) is 0 Å². The first kappa shape index (κ1) is 8.74. The molecule has 64 valence electrons. The van der Waals surface area contributed by atoms with Gasteiger partial charge in [-0.1, -0.05) is 30.3 Å². The standard InChI is InChI=1S/C9H11NO2/c1-10-9(11)12-7-8-5-3-2-4-6-8/h2-6H,1,7,10H2. The molecule has 1 rings (SSSR count). The van der Waals surface area contributed by atoms with Crippen molar-refractivity contribution in [2.75, 3.05) is 0 Å². The van der Waals surface area contributed by atoms with E-state index in [-0.39, 0.29) is 6.09 Å². The van der Waals surface area contributed by atoms with Gasteiger partial charge in [-0.15, -0.1) is 7.05 Å². The summed E-state index contributed by atoms with van der Waals surface area (Å²) in [5.41, 5.74) is 0.979. The van der Waals surface area contributed by atoms with Gasteiger partial charge in [0.15, 0.2) is 0 Å². The molecule has 0 unspecified atom stereocenters.